The maximum absolute atomic E-state index is 11.6. The van der Waals surface area contributed by atoms with Crippen molar-refractivity contribution in [1.82, 2.24) is 4.90 Å². The fourth-order valence-corrected chi connectivity index (χ4v) is 1.70. The van der Waals surface area contributed by atoms with Crippen LogP contribution >= 0.6 is 0 Å². The van der Waals surface area contributed by atoms with Gasteiger partial charge in [0.05, 0.1) is 5.54 Å². The third-order valence-corrected chi connectivity index (χ3v) is 3.83. The van der Waals surface area contributed by atoms with Crippen molar-refractivity contribution in [3.63, 3.8) is 0 Å². The number of hydrogen-bond acceptors (Lipinski definition) is 5. The summed E-state index contributed by atoms with van der Waals surface area (Å²) in [6.45, 7) is 13.5. The van der Waals surface area contributed by atoms with Gasteiger partial charge in [-0.25, -0.2) is 0 Å². The van der Waals surface area contributed by atoms with Gasteiger partial charge < -0.3 is 9.47 Å². The lowest BCUT2D eigenvalue weighted by Gasteiger charge is -2.49. The molecule has 122 valence electrons. The molecule has 0 aromatic heterocycles. The Morgan fingerprint density at radius 1 is 1.33 bits per heavy atom. The first-order valence-corrected chi connectivity index (χ1v) is 7.11. The Bertz CT molecular complexity index is 411. The van der Waals surface area contributed by atoms with E-state index in [1.807, 2.05) is 25.8 Å². The molecule has 0 aromatic rings. The number of nitrogens with zero attached hydrogens (tertiary/aromatic N) is 1. The predicted molar refractivity (Wildman–Crippen MR) is 82.9 cm³/mol. The first kappa shape index (κ1) is 19.6. The van der Waals surface area contributed by atoms with Gasteiger partial charge >= 0.3 is 11.9 Å². The summed E-state index contributed by atoms with van der Waals surface area (Å²) in [5, 5.41) is 0. The molecule has 0 radical (unpaired) electrons. The highest BCUT2D eigenvalue weighted by Gasteiger charge is 2.49. The number of morpholine rings is 1. The zero-order valence-corrected chi connectivity index (χ0v) is 14.6. The molecule has 0 aliphatic carbocycles. The van der Waals surface area contributed by atoms with Crippen molar-refractivity contribution in [2.24, 2.45) is 0 Å². The summed E-state index contributed by atoms with van der Waals surface area (Å²) in [5.41, 5.74) is 0.209. The molecule has 5 nitrogen and oxygen atoms in total. The number of cyclic esters (lactones) is 1. The summed E-state index contributed by atoms with van der Waals surface area (Å²) in [7, 11) is 1.84. The van der Waals surface area contributed by atoms with E-state index in [9.17, 15) is 9.59 Å². The Balaban J connectivity index is 0.000000690. The number of allylic oxidation sites excluding steroid dienone is 2. The van der Waals surface area contributed by atoms with Crippen molar-refractivity contribution < 1.29 is 19.1 Å². The number of hydrogen-bond donors (Lipinski definition) is 0. The molecule has 1 atom stereocenters. The maximum Gasteiger partial charge on any atom is 0.326 e. The average Bonchev–Trinajstić information content (AvgIpc) is 2.40. The van der Waals surface area contributed by atoms with Gasteiger partial charge in [0.15, 0.2) is 0 Å². The van der Waals surface area contributed by atoms with Gasteiger partial charge in [0.2, 0.25) is 0 Å². The van der Waals surface area contributed by atoms with E-state index in [1.165, 1.54) is 12.5 Å². The van der Waals surface area contributed by atoms with Crippen LogP contribution in [0.2, 0.25) is 0 Å². The Hall–Kier alpha value is -1.36. The predicted octanol–water partition coefficient (Wildman–Crippen LogP) is 2.55. The minimum Gasteiger partial charge on any atom is -0.464 e. The number of carbonyl (C=O) groups is 2. The average molecular weight is 299 g/mol. The van der Waals surface area contributed by atoms with Gasteiger partial charge in [-0.2, -0.15) is 0 Å². The zero-order valence-electron chi connectivity index (χ0n) is 14.6. The van der Waals surface area contributed by atoms with Crippen molar-refractivity contribution in [3.05, 3.63) is 11.6 Å². The van der Waals surface area contributed by atoms with Crippen molar-refractivity contribution in [1.29, 1.82) is 0 Å². The standard InChI is InChI=1S/C11H19NO4.C5H10/c1-8(13)15-6-11(4)7-16-9(14)10(2,3)12(11)5;1-4-5(2)3/h6-7H2,1-5H3;4H,1-3H3. The van der Waals surface area contributed by atoms with Crippen LogP contribution in [0.4, 0.5) is 0 Å². The van der Waals surface area contributed by atoms with Crippen molar-refractivity contribution >= 4 is 11.9 Å². The molecule has 1 unspecified atom stereocenters. The lowest BCUT2D eigenvalue weighted by atomic mass is 9.91. The van der Waals surface area contributed by atoms with Crippen molar-refractivity contribution in [3.8, 4) is 0 Å². The smallest absolute Gasteiger partial charge is 0.326 e. The summed E-state index contributed by atoms with van der Waals surface area (Å²) >= 11 is 0. The van der Waals surface area contributed by atoms with E-state index < -0.39 is 11.1 Å². The molecule has 1 aliphatic rings. The van der Waals surface area contributed by atoms with Gasteiger partial charge in [-0.3, -0.25) is 14.5 Å². The minimum atomic E-state index is -0.701. The van der Waals surface area contributed by atoms with E-state index in [2.05, 4.69) is 19.9 Å². The Labute approximate surface area is 128 Å². The fourth-order valence-electron chi connectivity index (χ4n) is 1.70. The van der Waals surface area contributed by atoms with E-state index >= 15 is 0 Å². The van der Waals surface area contributed by atoms with Crippen LogP contribution in [0.1, 0.15) is 48.5 Å². The van der Waals surface area contributed by atoms with Crippen molar-refractivity contribution in [2.45, 2.75) is 59.5 Å². The topological polar surface area (TPSA) is 55.8 Å². The van der Waals surface area contributed by atoms with E-state index in [0.29, 0.717) is 0 Å². The Morgan fingerprint density at radius 2 is 1.81 bits per heavy atom. The van der Waals surface area contributed by atoms with Crippen molar-refractivity contribution in [2.75, 3.05) is 20.3 Å². The van der Waals surface area contributed by atoms with Gasteiger partial charge in [-0.05, 0) is 48.6 Å². The third kappa shape index (κ3) is 5.50. The van der Waals surface area contributed by atoms with Crippen LogP contribution in [0.5, 0.6) is 0 Å². The first-order valence-electron chi connectivity index (χ1n) is 7.11. The van der Waals surface area contributed by atoms with Gasteiger partial charge in [0.25, 0.3) is 0 Å². The molecular weight excluding hydrogens is 270 g/mol. The molecule has 0 bridgehead atoms. The van der Waals surface area contributed by atoms with Crippen LogP contribution in [0.25, 0.3) is 0 Å². The second-order valence-corrected chi connectivity index (χ2v) is 6.34. The summed E-state index contributed by atoms with van der Waals surface area (Å²) in [6, 6.07) is 0. The number of rotatable bonds is 2. The number of likely N-dealkylation sites (N-methyl/N-ethyl adjacent to an activating group) is 1. The quantitative estimate of drug-likeness (QED) is 0.579. The molecule has 21 heavy (non-hydrogen) atoms. The molecule has 0 N–H and O–H groups in total. The van der Waals surface area contributed by atoms with Crippen LogP contribution in [-0.4, -0.2) is 48.2 Å². The van der Waals surface area contributed by atoms with E-state index in [1.54, 1.807) is 13.8 Å². The molecule has 1 saturated heterocycles. The van der Waals surface area contributed by atoms with Gasteiger partial charge in [-0.1, -0.05) is 11.6 Å². The second-order valence-electron chi connectivity index (χ2n) is 6.34. The lowest BCUT2D eigenvalue weighted by Crippen LogP contribution is -2.67. The SMILES string of the molecule is CC(=O)OCC1(C)COC(=O)C(C)(C)N1C.CC=C(C)C. The highest BCUT2D eigenvalue weighted by atomic mass is 16.6. The molecule has 1 aliphatic heterocycles. The second kappa shape index (κ2) is 7.59. The van der Waals surface area contributed by atoms with Crippen LogP contribution in [-0.2, 0) is 19.1 Å². The highest BCUT2D eigenvalue weighted by molar-refractivity contribution is 5.80. The molecule has 0 saturated carbocycles. The molecule has 1 heterocycles. The highest BCUT2D eigenvalue weighted by Crippen LogP contribution is 2.30. The normalized spacial score (nSPS) is 24.3. The van der Waals surface area contributed by atoms with Gasteiger partial charge in [0, 0.05) is 6.92 Å². The fraction of sp³-hybridized carbons (Fsp3) is 0.750. The Kier molecular flexibility index (Phi) is 7.10. The third-order valence-electron chi connectivity index (χ3n) is 3.83. The first-order chi connectivity index (χ1) is 9.47. The summed E-state index contributed by atoms with van der Waals surface area (Å²) in [6.07, 6.45) is 2.08. The lowest BCUT2D eigenvalue weighted by molar-refractivity contribution is -0.186. The van der Waals surface area contributed by atoms with Gasteiger partial charge in [0.1, 0.15) is 18.8 Å². The molecular formula is C16H29NO4. The minimum absolute atomic E-state index is 0.218. The van der Waals surface area contributed by atoms with E-state index in [-0.39, 0.29) is 25.2 Å². The largest absolute Gasteiger partial charge is 0.464 e. The van der Waals surface area contributed by atoms with Crippen LogP contribution in [0, 0.1) is 0 Å². The summed E-state index contributed by atoms with van der Waals surface area (Å²) in [4.78, 5) is 24.3. The van der Waals surface area contributed by atoms with Crippen LogP contribution in [0.15, 0.2) is 11.6 Å². The molecule has 0 spiro atoms. The Morgan fingerprint density at radius 3 is 2.19 bits per heavy atom. The molecule has 1 rings (SSSR count). The molecule has 1 fully saturated rings. The van der Waals surface area contributed by atoms with E-state index in [4.69, 9.17) is 9.47 Å². The molecule has 0 amide bonds. The van der Waals surface area contributed by atoms with Crippen LogP contribution < -0.4 is 0 Å². The van der Waals surface area contributed by atoms with Crippen LogP contribution in [0.3, 0.4) is 0 Å². The summed E-state index contributed by atoms with van der Waals surface area (Å²) in [5.74, 6) is -0.584. The number of carbonyl (C=O) groups excluding carboxylic acids is 2. The summed E-state index contributed by atoms with van der Waals surface area (Å²) < 4.78 is 10.2. The molecule has 0 aromatic carbocycles. The molecule has 5 heteroatoms. The van der Waals surface area contributed by atoms with Gasteiger partial charge in [-0.15, -0.1) is 0 Å². The number of ether oxygens (including phenoxy) is 2. The monoisotopic (exact) mass is 299 g/mol. The zero-order chi connectivity index (χ0) is 16.8. The maximum atomic E-state index is 11.6. The number of esters is 2. The van der Waals surface area contributed by atoms with E-state index in [0.717, 1.165) is 0 Å².